The number of amides is 1. The van der Waals surface area contributed by atoms with Gasteiger partial charge >= 0.3 is 0 Å². The first-order valence-corrected chi connectivity index (χ1v) is 7.21. The van der Waals surface area contributed by atoms with E-state index in [0.717, 1.165) is 42.6 Å². The Balaban J connectivity index is 2.05. The maximum Gasteiger partial charge on any atom is 0.251 e. The Morgan fingerprint density at radius 2 is 2.11 bits per heavy atom. The molecule has 104 valence electrons. The minimum atomic E-state index is 0.0165. The number of rotatable bonds is 5. The molecule has 1 saturated carbocycles. The summed E-state index contributed by atoms with van der Waals surface area (Å²) in [4.78, 5) is 12.3. The smallest absolute Gasteiger partial charge is 0.251 e. The van der Waals surface area contributed by atoms with Crippen LogP contribution in [-0.2, 0) is 0 Å². The van der Waals surface area contributed by atoms with Gasteiger partial charge in [0.25, 0.3) is 5.91 Å². The molecule has 0 radical (unpaired) electrons. The molecule has 1 amide bonds. The molecule has 0 aliphatic heterocycles. The van der Waals surface area contributed by atoms with E-state index < -0.39 is 0 Å². The molecule has 0 spiro atoms. The minimum Gasteiger partial charge on any atom is -0.385 e. The van der Waals surface area contributed by atoms with Gasteiger partial charge in [-0.05, 0) is 63.3 Å². The van der Waals surface area contributed by atoms with Gasteiger partial charge in [0, 0.05) is 23.3 Å². The summed E-state index contributed by atoms with van der Waals surface area (Å²) in [7, 11) is 0. The van der Waals surface area contributed by atoms with Crippen molar-refractivity contribution in [1.82, 2.24) is 5.32 Å². The molecule has 1 aliphatic carbocycles. The fourth-order valence-electron chi connectivity index (χ4n) is 2.47. The first-order valence-electron chi connectivity index (χ1n) is 7.21. The Morgan fingerprint density at radius 3 is 2.63 bits per heavy atom. The van der Waals surface area contributed by atoms with Crippen molar-refractivity contribution in [2.24, 2.45) is 0 Å². The van der Waals surface area contributed by atoms with E-state index in [1.54, 1.807) is 0 Å². The first-order chi connectivity index (χ1) is 9.04. The maximum absolute atomic E-state index is 12.3. The second-order valence-corrected chi connectivity index (χ2v) is 5.82. The quantitative estimate of drug-likeness (QED) is 0.851. The Hall–Kier alpha value is -1.51. The molecule has 0 saturated heterocycles. The van der Waals surface area contributed by atoms with Gasteiger partial charge in [0.1, 0.15) is 0 Å². The lowest BCUT2D eigenvalue weighted by Gasteiger charge is -2.39. The zero-order valence-electron chi connectivity index (χ0n) is 12.2. The van der Waals surface area contributed by atoms with Gasteiger partial charge in [0.2, 0.25) is 0 Å². The van der Waals surface area contributed by atoms with Crippen molar-refractivity contribution in [1.29, 1.82) is 0 Å². The molecule has 0 bridgehead atoms. The third-order valence-corrected chi connectivity index (χ3v) is 3.92. The average Bonchev–Trinajstić information content (AvgIpc) is 2.34. The van der Waals surface area contributed by atoms with E-state index in [1.165, 1.54) is 6.42 Å². The topological polar surface area (TPSA) is 41.1 Å². The summed E-state index contributed by atoms with van der Waals surface area (Å²) in [6, 6.07) is 5.96. The van der Waals surface area contributed by atoms with Crippen molar-refractivity contribution < 1.29 is 4.79 Å². The van der Waals surface area contributed by atoms with Gasteiger partial charge in [0.05, 0.1) is 0 Å². The van der Waals surface area contributed by atoms with Crippen LogP contribution in [-0.4, -0.2) is 18.0 Å². The van der Waals surface area contributed by atoms with Crippen molar-refractivity contribution in [3.8, 4) is 0 Å². The van der Waals surface area contributed by atoms with Crippen LogP contribution in [0.15, 0.2) is 18.2 Å². The van der Waals surface area contributed by atoms with E-state index in [1.807, 2.05) is 25.1 Å². The number of aryl methyl sites for hydroxylation is 1. The van der Waals surface area contributed by atoms with Crippen LogP contribution in [0.2, 0.25) is 0 Å². The summed E-state index contributed by atoms with van der Waals surface area (Å²) in [5.41, 5.74) is 2.92. The fraction of sp³-hybridized carbons (Fsp3) is 0.562. The third-order valence-electron chi connectivity index (χ3n) is 3.92. The maximum atomic E-state index is 12.3. The molecule has 19 heavy (non-hydrogen) atoms. The van der Waals surface area contributed by atoms with Gasteiger partial charge in [-0.1, -0.05) is 6.92 Å². The van der Waals surface area contributed by atoms with E-state index in [9.17, 15) is 4.79 Å². The standard InChI is InChI=1S/C16H24N2O/c1-4-10-17-13-6-7-14(12(2)11-13)15(19)18-16(3)8-5-9-16/h6-7,11,17H,4-5,8-10H2,1-3H3,(H,18,19). The van der Waals surface area contributed by atoms with Crippen LogP contribution in [0, 0.1) is 6.92 Å². The number of anilines is 1. The van der Waals surface area contributed by atoms with Gasteiger partial charge in [0.15, 0.2) is 0 Å². The molecular formula is C16H24N2O. The van der Waals surface area contributed by atoms with Crippen molar-refractivity contribution >= 4 is 11.6 Å². The fourth-order valence-corrected chi connectivity index (χ4v) is 2.47. The largest absolute Gasteiger partial charge is 0.385 e. The second kappa shape index (κ2) is 5.64. The van der Waals surface area contributed by atoms with Crippen LogP contribution in [0.25, 0.3) is 0 Å². The van der Waals surface area contributed by atoms with Crippen molar-refractivity contribution in [3.05, 3.63) is 29.3 Å². The molecule has 3 nitrogen and oxygen atoms in total. The monoisotopic (exact) mass is 260 g/mol. The Kier molecular flexibility index (Phi) is 4.13. The van der Waals surface area contributed by atoms with Gasteiger partial charge in [-0.25, -0.2) is 0 Å². The van der Waals surface area contributed by atoms with E-state index in [0.29, 0.717) is 0 Å². The predicted octanol–water partition coefficient (Wildman–Crippen LogP) is 3.49. The minimum absolute atomic E-state index is 0.0165. The summed E-state index contributed by atoms with van der Waals surface area (Å²) in [5.74, 6) is 0.0572. The zero-order chi connectivity index (χ0) is 13.9. The first kappa shape index (κ1) is 13.9. The summed E-state index contributed by atoms with van der Waals surface area (Å²) < 4.78 is 0. The molecular weight excluding hydrogens is 236 g/mol. The van der Waals surface area contributed by atoms with Gasteiger partial charge in [-0.3, -0.25) is 4.79 Å². The summed E-state index contributed by atoms with van der Waals surface area (Å²) in [6.07, 6.45) is 4.50. The molecule has 0 heterocycles. The van der Waals surface area contributed by atoms with E-state index in [2.05, 4.69) is 24.5 Å². The molecule has 0 unspecified atom stereocenters. The number of nitrogens with one attached hydrogen (secondary N) is 2. The number of carbonyl (C=O) groups excluding carboxylic acids is 1. The Morgan fingerprint density at radius 1 is 1.37 bits per heavy atom. The highest BCUT2D eigenvalue weighted by Gasteiger charge is 2.33. The number of hydrogen-bond donors (Lipinski definition) is 2. The molecule has 1 aliphatic rings. The average molecular weight is 260 g/mol. The molecule has 0 atom stereocenters. The van der Waals surface area contributed by atoms with Crippen LogP contribution in [0.3, 0.4) is 0 Å². The Bertz CT molecular complexity index is 464. The highest BCUT2D eigenvalue weighted by atomic mass is 16.1. The van der Waals surface area contributed by atoms with E-state index >= 15 is 0 Å². The van der Waals surface area contributed by atoms with Gasteiger partial charge < -0.3 is 10.6 Å². The second-order valence-electron chi connectivity index (χ2n) is 5.82. The van der Waals surface area contributed by atoms with Crippen LogP contribution < -0.4 is 10.6 Å². The lowest BCUT2D eigenvalue weighted by atomic mass is 9.78. The lowest BCUT2D eigenvalue weighted by Crippen LogP contribution is -2.51. The van der Waals surface area contributed by atoms with Crippen molar-refractivity contribution in [2.75, 3.05) is 11.9 Å². The van der Waals surface area contributed by atoms with Crippen LogP contribution in [0.4, 0.5) is 5.69 Å². The third kappa shape index (κ3) is 3.28. The molecule has 1 fully saturated rings. The highest BCUT2D eigenvalue weighted by Crippen LogP contribution is 2.31. The Labute approximate surface area is 115 Å². The molecule has 1 aromatic carbocycles. The van der Waals surface area contributed by atoms with Gasteiger partial charge in [-0.15, -0.1) is 0 Å². The normalized spacial score (nSPS) is 16.6. The lowest BCUT2D eigenvalue weighted by molar-refractivity contribution is 0.0850. The SMILES string of the molecule is CCCNc1ccc(C(=O)NC2(C)CCC2)c(C)c1. The molecule has 3 heteroatoms. The number of hydrogen-bond acceptors (Lipinski definition) is 2. The van der Waals surface area contributed by atoms with Crippen molar-refractivity contribution in [2.45, 2.75) is 52.0 Å². The van der Waals surface area contributed by atoms with Gasteiger partial charge in [-0.2, -0.15) is 0 Å². The predicted molar refractivity (Wildman–Crippen MR) is 79.7 cm³/mol. The molecule has 1 aromatic rings. The van der Waals surface area contributed by atoms with E-state index in [-0.39, 0.29) is 11.4 Å². The molecule has 2 N–H and O–H groups in total. The number of benzene rings is 1. The van der Waals surface area contributed by atoms with Crippen LogP contribution in [0.5, 0.6) is 0 Å². The molecule has 0 aromatic heterocycles. The van der Waals surface area contributed by atoms with Crippen LogP contribution >= 0.6 is 0 Å². The zero-order valence-corrected chi connectivity index (χ0v) is 12.2. The number of carbonyl (C=O) groups is 1. The molecule has 2 rings (SSSR count). The highest BCUT2D eigenvalue weighted by molar-refractivity contribution is 5.96. The van der Waals surface area contributed by atoms with Crippen molar-refractivity contribution in [3.63, 3.8) is 0 Å². The van der Waals surface area contributed by atoms with Crippen LogP contribution in [0.1, 0.15) is 55.5 Å². The summed E-state index contributed by atoms with van der Waals surface area (Å²) in [6.45, 7) is 7.22. The van der Waals surface area contributed by atoms with E-state index in [4.69, 9.17) is 0 Å². The summed E-state index contributed by atoms with van der Waals surface area (Å²) in [5, 5.41) is 6.49. The summed E-state index contributed by atoms with van der Waals surface area (Å²) >= 11 is 0.